The number of β-amino-alcohol motifs (C(OH)–C–C–N with tert-alkyl or cyclic N) is 1. The molecule has 3 rings (SSSR count). The number of likely N-dealkylation sites (tertiary alicyclic amines) is 2. The number of alkyl halides is 3. The van der Waals surface area contributed by atoms with Crippen LogP contribution < -0.4 is 0 Å². The first-order valence-corrected chi connectivity index (χ1v) is 9.14. The first-order valence-electron chi connectivity index (χ1n) is 9.14. The molecule has 0 aliphatic carbocycles. The predicted octanol–water partition coefficient (Wildman–Crippen LogP) is 2.70. The fraction of sp³-hybridized carbons (Fsp3) is 0.632. The topological polar surface area (TPSA) is 43.8 Å². The number of carbonyl (C=O) groups is 1. The Morgan fingerprint density at radius 1 is 1.08 bits per heavy atom. The molecule has 144 valence electrons. The Morgan fingerprint density at radius 2 is 1.73 bits per heavy atom. The average Bonchev–Trinajstić information content (AvgIpc) is 3.06. The van der Waals surface area contributed by atoms with Gasteiger partial charge in [0.2, 0.25) is 5.91 Å². The van der Waals surface area contributed by atoms with Crippen LogP contribution in [0.2, 0.25) is 0 Å². The minimum atomic E-state index is -4.37. The van der Waals surface area contributed by atoms with Crippen molar-refractivity contribution in [2.45, 2.75) is 43.9 Å². The van der Waals surface area contributed by atoms with Crippen LogP contribution in [0.4, 0.5) is 13.2 Å². The average molecular weight is 370 g/mol. The quantitative estimate of drug-likeness (QED) is 0.886. The summed E-state index contributed by atoms with van der Waals surface area (Å²) < 4.78 is 37.9. The Labute approximate surface area is 151 Å². The number of aliphatic hydroxyl groups is 1. The van der Waals surface area contributed by atoms with E-state index in [0.29, 0.717) is 31.6 Å². The largest absolute Gasteiger partial charge is 0.416 e. The molecule has 0 spiro atoms. The van der Waals surface area contributed by atoms with Crippen molar-refractivity contribution in [2.75, 3.05) is 32.7 Å². The summed E-state index contributed by atoms with van der Waals surface area (Å²) >= 11 is 0. The summed E-state index contributed by atoms with van der Waals surface area (Å²) in [7, 11) is 0. The number of halogens is 3. The van der Waals surface area contributed by atoms with E-state index in [9.17, 15) is 23.1 Å². The van der Waals surface area contributed by atoms with E-state index >= 15 is 0 Å². The van der Waals surface area contributed by atoms with Crippen LogP contribution in [0.3, 0.4) is 0 Å². The van der Waals surface area contributed by atoms with Crippen molar-refractivity contribution in [2.24, 2.45) is 0 Å². The summed E-state index contributed by atoms with van der Waals surface area (Å²) in [6, 6.07) is 4.70. The second kappa shape index (κ2) is 7.56. The molecule has 0 saturated carbocycles. The van der Waals surface area contributed by atoms with Gasteiger partial charge in [-0.1, -0.05) is 12.1 Å². The summed E-state index contributed by atoms with van der Waals surface area (Å²) in [5.41, 5.74) is -1.05. The maximum absolute atomic E-state index is 12.6. The van der Waals surface area contributed by atoms with Crippen molar-refractivity contribution in [1.29, 1.82) is 0 Å². The number of piperidine rings is 1. The van der Waals surface area contributed by atoms with E-state index in [1.807, 2.05) is 0 Å². The fourth-order valence-electron chi connectivity index (χ4n) is 3.91. The minimum absolute atomic E-state index is 0.0535. The van der Waals surface area contributed by atoms with Crippen molar-refractivity contribution < 1.29 is 23.1 Å². The summed E-state index contributed by atoms with van der Waals surface area (Å²) in [4.78, 5) is 16.4. The first kappa shape index (κ1) is 19.2. The van der Waals surface area contributed by atoms with Gasteiger partial charge in [0.15, 0.2) is 0 Å². The zero-order valence-corrected chi connectivity index (χ0v) is 14.8. The van der Waals surface area contributed by atoms with Gasteiger partial charge in [-0.15, -0.1) is 0 Å². The highest BCUT2D eigenvalue weighted by Crippen LogP contribution is 2.29. The number of nitrogens with zero attached hydrogens (tertiary/aromatic N) is 2. The lowest BCUT2D eigenvalue weighted by Crippen LogP contribution is -2.55. The zero-order valence-electron chi connectivity index (χ0n) is 14.8. The first-order chi connectivity index (χ1) is 12.3. The van der Waals surface area contributed by atoms with Crippen LogP contribution in [-0.4, -0.2) is 59.1 Å². The van der Waals surface area contributed by atoms with Crippen LogP contribution in [0.5, 0.6) is 0 Å². The maximum Gasteiger partial charge on any atom is 0.416 e. The van der Waals surface area contributed by atoms with E-state index in [-0.39, 0.29) is 12.3 Å². The number of amides is 1. The molecule has 2 heterocycles. The smallest absolute Gasteiger partial charge is 0.387 e. The van der Waals surface area contributed by atoms with Gasteiger partial charge in [-0.05, 0) is 56.5 Å². The van der Waals surface area contributed by atoms with Crippen LogP contribution >= 0.6 is 0 Å². The Morgan fingerprint density at radius 3 is 2.35 bits per heavy atom. The second-order valence-electron chi connectivity index (χ2n) is 7.50. The summed E-state index contributed by atoms with van der Waals surface area (Å²) in [6.45, 7) is 3.44. The summed E-state index contributed by atoms with van der Waals surface area (Å²) in [6.07, 6.45) is -0.616. The van der Waals surface area contributed by atoms with Crippen molar-refractivity contribution in [3.63, 3.8) is 0 Å². The van der Waals surface area contributed by atoms with E-state index < -0.39 is 17.3 Å². The molecular weight excluding hydrogens is 345 g/mol. The number of benzene rings is 1. The molecule has 2 aliphatic rings. The molecule has 0 aromatic heterocycles. The van der Waals surface area contributed by atoms with E-state index in [1.54, 1.807) is 4.90 Å². The molecule has 1 aromatic rings. The molecule has 0 unspecified atom stereocenters. The summed E-state index contributed by atoms with van der Waals surface area (Å²) in [5.74, 6) is -0.149. The van der Waals surface area contributed by atoms with Gasteiger partial charge in [0.25, 0.3) is 0 Å². The predicted molar refractivity (Wildman–Crippen MR) is 91.6 cm³/mol. The van der Waals surface area contributed by atoms with Gasteiger partial charge in [-0.25, -0.2) is 0 Å². The van der Waals surface area contributed by atoms with E-state index in [0.717, 1.165) is 44.5 Å². The van der Waals surface area contributed by atoms with Crippen molar-refractivity contribution in [1.82, 2.24) is 9.80 Å². The molecule has 1 N–H and O–H groups in total. The van der Waals surface area contributed by atoms with Gasteiger partial charge in [0, 0.05) is 13.1 Å². The van der Waals surface area contributed by atoms with Crippen molar-refractivity contribution in [3.05, 3.63) is 35.4 Å². The van der Waals surface area contributed by atoms with Crippen LogP contribution in [0.25, 0.3) is 0 Å². The molecule has 1 amide bonds. The molecule has 7 heteroatoms. The molecule has 2 aliphatic heterocycles. The fourth-order valence-corrected chi connectivity index (χ4v) is 3.91. The lowest BCUT2D eigenvalue weighted by atomic mass is 9.91. The van der Waals surface area contributed by atoms with Crippen LogP contribution in [0.15, 0.2) is 24.3 Å². The monoisotopic (exact) mass is 370 g/mol. The molecule has 4 nitrogen and oxygen atoms in total. The van der Waals surface area contributed by atoms with Gasteiger partial charge in [-0.3, -0.25) is 4.79 Å². The molecule has 0 bridgehead atoms. The maximum atomic E-state index is 12.6. The third-order valence-electron chi connectivity index (χ3n) is 5.26. The minimum Gasteiger partial charge on any atom is -0.387 e. The second-order valence-corrected chi connectivity index (χ2v) is 7.50. The van der Waals surface area contributed by atoms with Gasteiger partial charge in [0.1, 0.15) is 0 Å². The molecule has 0 radical (unpaired) electrons. The van der Waals surface area contributed by atoms with Crippen LogP contribution in [0.1, 0.15) is 36.8 Å². The molecule has 2 saturated heterocycles. The highest BCUT2D eigenvalue weighted by molar-refractivity contribution is 5.79. The normalized spacial score (nSPS) is 24.8. The lowest BCUT2D eigenvalue weighted by Gasteiger charge is -2.41. The molecule has 1 aromatic carbocycles. The van der Waals surface area contributed by atoms with Crippen molar-refractivity contribution >= 4 is 5.91 Å². The number of hydrogen-bond donors (Lipinski definition) is 1. The highest BCUT2D eigenvalue weighted by atomic mass is 19.4. The number of rotatable bonds is 4. The molecule has 26 heavy (non-hydrogen) atoms. The Bertz CT molecular complexity index is 627. The van der Waals surface area contributed by atoms with Crippen LogP contribution in [0, 0.1) is 0 Å². The zero-order chi connectivity index (χ0) is 18.8. The standard InChI is InChI=1S/C19H25F3N2O2/c20-19(21,22)16-6-4-15(5-7-16)12-17(25)24-11-3-8-18(26,14-24)13-23-9-1-2-10-23/h4-7,26H,1-3,8-14H2/t18-/m1/s1. The third kappa shape index (κ3) is 4.76. The molecule has 2 fully saturated rings. The SMILES string of the molecule is O=C(Cc1ccc(C(F)(F)F)cc1)N1CCC[C@@](O)(CN2CCCC2)C1. The number of hydrogen-bond acceptors (Lipinski definition) is 3. The van der Waals surface area contributed by atoms with Gasteiger partial charge in [0.05, 0.1) is 24.1 Å². The van der Waals surface area contributed by atoms with Gasteiger partial charge in [-0.2, -0.15) is 13.2 Å². The van der Waals surface area contributed by atoms with Gasteiger partial charge >= 0.3 is 6.18 Å². The van der Waals surface area contributed by atoms with Crippen LogP contribution in [-0.2, 0) is 17.4 Å². The van der Waals surface area contributed by atoms with Crippen molar-refractivity contribution in [3.8, 4) is 0 Å². The lowest BCUT2D eigenvalue weighted by molar-refractivity contribution is -0.138. The Hall–Kier alpha value is -1.60. The Balaban J connectivity index is 1.58. The van der Waals surface area contributed by atoms with E-state index in [2.05, 4.69) is 4.90 Å². The third-order valence-corrected chi connectivity index (χ3v) is 5.26. The molecular formula is C19H25F3N2O2. The molecule has 1 atom stereocenters. The summed E-state index contributed by atoms with van der Waals surface area (Å²) in [5, 5.41) is 10.9. The van der Waals surface area contributed by atoms with Gasteiger partial charge < -0.3 is 14.9 Å². The van der Waals surface area contributed by atoms with E-state index in [4.69, 9.17) is 0 Å². The number of carbonyl (C=O) groups excluding carboxylic acids is 1. The highest BCUT2D eigenvalue weighted by Gasteiger charge is 2.37. The van der Waals surface area contributed by atoms with E-state index in [1.165, 1.54) is 12.1 Å². The Kier molecular flexibility index (Phi) is 5.58.